The first-order chi connectivity index (χ1) is 30.3. The normalized spacial score (nSPS) is 14.7. The molecule has 0 bridgehead atoms. The molecule has 8 unspecified atom stereocenters. The Morgan fingerprint density at radius 3 is 1.72 bits per heavy atom. The van der Waals surface area contributed by atoms with E-state index >= 15 is 0 Å². The SMILES string of the molecule is CCC(C)C(NC(=O)C(Cc1ccc(O)cc1)C(=O)NC(Cc1ccc(O)cc1)C(=O)NC(CCCCN)NC(=O)C(C)C(=O)NC(CCCN=C(N)N)C(=O)O)C(=O)NC(C)[N-]C. The number of nitrogens with one attached hydrogen (secondary N) is 6. The molecule has 0 aliphatic rings. The van der Waals surface area contributed by atoms with Crippen molar-refractivity contribution in [2.75, 3.05) is 20.1 Å². The van der Waals surface area contributed by atoms with E-state index in [1.54, 1.807) is 13.8 Å². The molecule has 0 radical (unpaired) electrons. The Labute approximate surface area is 373 Å². The van der Waals surface area contributed by atoms with Crippen LogP contribution in [0.2, 0.25) is 0 Å². The summed E-state index contributed by atoms with van der Waals surface area (Å²) in [6, 6.07) is 7.89. The summed E-state index contributed by atoms with van der Waals surface area (Å²) in [7, 11) is 1.53. The second-order valence-corrected chi connectivity index (χ2v) is 15.6. The number of nitrogens with zero attached hydrogens (tertiary/aromatic N) is 2. The molecule has 2 aromatic rings. The number of carboxylic acids is 1. The van der Waals surface area contributed by atoms with Crippen molar-refractivity contribution in [1.29, 1.82) is 0 Å². The largest absolute Gasteiger partial charge is 0.645 e. The number of hydrogen-bond donors (Lipinski definition) is 12. The zero-order chi connectivity index (χ0) is 47.9. The van der Waals surface area contributed by atoms with Gasteiger partial charge in [-0.25, -0.2) is 4.79 Å². The van der Waals surface area contributed by atoms with E-state index < -0.39 is 83.7 Å². The predicted octanol–water partition coefficient (Wildman–Crippen LogP) is -0.0728. The van der Waals surface area contributed by atoms with Gasteiger partial charge in [0.1, 0.15) is 47.6 Å². The number of nitrogens with two attached hydrogens (primary N) is 3. The van der Waals surface area contributed by atoms with Gasteiger partial charge in [-0.15, -0.1) is 0 Å². The van der Waals surface area contributed by atoms with Crippen LogP contribution in [0.5, 0.6) is 11.5 Å². The quantitative estimate of drug-likeness (QED) is 0.0175. The van der Waals surface area contributed by atoms with Crippen molar-refractivity contribution in [2.24, 2.45) is 39.9 Å². The van der Waals surface area contributed by atoms with E-state index in [-0.39, 0.29) is 62.0 Å². The molecule has 0 aliphatic heterocycles. The third-order valence-electron chi connectivity index (χ3n) is 10.5. The molecule has 0 saturated carbocycles. The summed E-state index contributed by atoms with van der Waals surface area (Å²) < 4.78 is 0. The topological polar surface area (TPSA) is 357 Å². The van der Waals surface area contributed by atoms with E-state index in [2.05, 4.69) is 42.2 Å². The number of aromatic hydroxyl groups is 2. The molecule has 6 amide bonds. The molecule has 21 nitrogen and oxygen atoms in total. The van der Waals surface area contributed by atoms with Gasteiger partial charge in [0.25, 0.3) is 0 Å². The summed E-state index contributed by atoms with van der Waals surface area (Å²) in [6.45, 7) is 6.96. The first kappa shape index (κ1) is 53.7. The summed E-state index contributed by atoms with van der Waals surface area (Å²) >= 11 is 0. The lowest BCUT2D eigenvalue weighted by Gasteiger charge is -2.31. The number of amides is 6. The van der Waals surface area contributed by atoms with Crippen LogP contribution in [0.15, 0.2) is 53.5 Å². The third kappa shape index (κ3) is 18.9. The monoisotopic (exact) mass is 896 g/mol. The number of phenolic OH excluding ortho intramolecular Hbond substituents is 2. The maximum atomic E-state index is 14.4. The standard InChI is InChI=1S/C43H66N11O10/c1-6-24(2)35(41(62)49-26(4)47-5)54-39(60)31(22-27-12-16-29(55)17-13-27)38(59)51-33(23-28-14-18-30(56)19-15-28)40(61)53-34(11-7-8-20-44)52-37(58)25(3)36(57)50-32(42(63)64)10-9-21-48-43(45)46/h12-19,24-26,31-35,55-56H,6-11,20-23,44H2,1-5H3,(H,49,62)(H,50,57)(H,51,59)(H,52,58)(H,53,61)(H,54,60)(H,63,64)(H4,45,46,48)/q-1. The first-order valence-electron chi connectivity index (χ1n) is 21.2. The van der Waals surface area contributed by atoms with Gasteiger partial charge in [0.15, 0.2) is 5.96 Å². The van der Waals surface area contributed by atoms with Gasteiger partial charge >= 0.3 is 5.97 Å². The Morgan fingerprint density at radius 2 is 1.19 bits per heavy atom. The summed E-state index contributed by atoms with van der Waals surface area (Å²) in [5.41, 5.74) is 17.3. The maximum absolute atomic E-state index is 14.4. The minimum absolute atomic E-state index is 0.0296. The van der Waals surface area contributed by atoms with Crippen LogP contribution in [0.1, 0.15) is 77.3 Å². The van der Waals surface area contributed by atoms with Gasteiger partial charge in [-0.05, 0) is 93.3 Å². The molecule has 0 saturated heterocycles. The second kappa shape index (κ2) is 27.6. The zero-order valence-electron chi connectivity index (χ0n) is 37.1. The van der Waals surface area contributed by atoms with Crippen molar-refractivity contribution >= 4 is 47.4 Å². The van der Waals surface area contributed by atoms with Gasteiger partial charge in [-0.2, -0.15) is 7.05 Å². The molecule has 8 atom stereocenters. The van der Waals surface area contributed by atoms with E-state index in [1.807, 2.05) is 6.92 Å². The molecule has 2 rings (SSSR count). The fraction of sp³-hybridized carbons (Fsp3) is 0.535. The molecule has 21 heteroatoms. The average Bonchev–Trinajstić information content (AvgIpc) is 3.25. The molecule has 2 aromatic carbocycles. The maximum Gasteiger partial charge on any atom is 0.326 e. The predicted molar refractivity (Wildman–Crippen MR) is 239 cm³/mol. The molecule has 0 spiro atoms. The third-order valence-corrected chi connectivity index (χ3v) is 10.5. The van der Waals surface area contributed by atoms with E-state index in [9.17, 15) is 48.9 Å². The highest BCUT2D eigenvalue weighted by molar-refractivity contribution is 6.04. The van der Waals surface area contributed by atoms with E-state index in [1.165, 1.54) is 62.5 Å². The average molecular weight is 897 g/mol. The first-order valence-corrected chi connectivity index (χ1v) is 21.2. The van der Waals surface area contributed by atoms with Crippen LogP contribution >= 0.6 is 0 Å². The lowest BCUT2D eigenvalue weighted by atomic mass is 9.93. The Balaban J connectivity index is 2.46. The molecular formula is C43H66N11O10-. The summed E-state index contributed by atoms with van der Waals surface area (Å²) in [4.78, 5) is 98.4. The van der Waals surface area contributed by atoms with Crippen LogP contribution in [0, 0.1) is 17.8 Å². The van der Waals surface area contributed by atoms with Gasteiger partial charge < -0.3 is 69.7 Å². The van der Waals surface area contributed by atoms with Crippen LogP contribution in [0.3, 0.4) is 0 Å². The van der Waals surface area contributed by atoms with Crippen LogP contribution < -0.4 is 49.1 Å². The van der Waals surface area contributed by atoms with Crippen molar-refractivity contribution in [3.05, 3.63) is 65.0 Å². The second-order valence-electron chi connectivity index (χ2n) is 15.6. The minimum Gasteiger partial charge on any atom is -0.645 e. The number of benzene rings is 2. The van der Waals surface area contributed by atoms with E-state index in [0.717, 1.165) is 0 Å². The van der Waals surface area contributed by atoms with Gasteiger partial charge in [-0.1, -0.05) is 57.6 Å². The summed E-state index contributed by atoms with van der Waals surface area (Å²) in [5.74, 6) is -9.62. The van der Waals surface area contributed by atoms with E-state index in [0.29, 0.717) is 36.9 Å². The van der Waals surface area contributed by atoms with Crippen molar-refractivity contribution in [1.82, 2.24) is 31.9 Å². The Morgan fingerprint density at radius 1 is 0.656 bits per heavy atom. The smallest absolute Gasteiger partial charge is 0.326 e. The molecular weight excluding hydrogens is 831 g/mol. The van der Waals surface area contributed by atoms with Gasteiger partial charge in [0, 0.05) is 13.0 Å². The lowest BCUT2D eigenvalue weighted by Crippen LogP contribution is -2.58. The van der Waals surface area contributed by atoms with Crippen molar-refractivity contribution in [3.63, 3.8) is 0 Å². The summed E-state index contributed by atoms with van der Waals surface area (Å²) in [5, 5.41) is 49.4. The summed E-state index contributed by atoms with van der Waals surface area (Å²) in [6.07, 6.45) is -0.268. The number of carbonyl (C=O) groups excluding carboxylic acids is 6. The number of carboxylic acid groups (broad SMARTS) is 1. The molecule has 0 aliphatic carbocycles. The number of unbranched alkanes of at least 4 members (excludes halogenated alkanes) is 1. The fourth-order valence-corrected chi connectivity index (χ4v) is 6.26. The minimum atomic E-state index is -1.51. The van der Waals surface area contributed by atoms with Crippen molar-refractivity contribution < 1.29 is 48.9 Å². The molecule has 0 aromatic heterocycles. The van der Waals surface area contributed by atoms with Gasteiger partial charge in [-0.3, -0.25) is 33.8 Å². The molecule has 15 N–H and O–H groups in total. The highest BCUT2D eigenvalue weighted by Crippen LogP contribution is 2.18. The molecule has 0 fully saturated rings. The number of carbonyl (C=O) groups is 7. The van der Waals surface area contributed by atoms with E-state index in [4.69, 9.17) is 17.2 Å². The molecule has 354 valence electrons. The van der Waals surface area contributed by atoms with Gasteiger partial charge in [0.05, 0.1) is 0 Å². The van der Waals surface area contributed by atoms with Crippen LogP contribution in [-0.2, 0) is 46.4 Å². The number of aliphatic imine (C=N–C) groups is 1. The molecule has 64 heavy (non-hydrogen) atoms. The number of hydrogen-bond acceptors (Lipinski definition) is 11. The highest BCUT2D eigenvalue weighted by Gasteiger charge is 2.36. The highest BCUT2D eigenvalue weighted by atomic mass is 16.4. The Bertz CT molecular complexity index is 1880. The van der Waals surface area contributed by atoms with Crippen LogP contribution in [0.25, 0.3) is 5.32 Å². The lowest BCUT2D eigenvalue weighted by molar-refractivity contribution is -0.144. The number of phenols is 2. The van der Waals surface area contributed by atoms with Crippen LogP contribution in [0.4, 0.5) is 0 Å². The fourth-order valence-electron chi connectivity index (χ4n) is 6.26. The number of rotatable bonds is 28. The number of aliphatic carboxylic acids is 1. The van der Waals surface area contributed by atoms with Crippen molar-refractivity contribution in [3.8, 4) is 11.5 Å². The van der Waals surface area contributed by atoms with Gasteiger partial charge in [0.2, 0.25) is 35.4 Å². The van der Waals surface area contributed by atoms with Crippen molar-refractivity contribution in [2.45, 2.75) is 110 Å². The molecule has 0 heterocycles. The Hall–Kier alpha value is -6.48. The zero-order valence-corrected chi connectivity index (χ0v) is 37.1. The Kier molecular flexibility index (Phi) is 23.1. The van der Waals surface area contributed by atoms with Crippen LogP contribution in [-0.4, -0.2) is 113 Å². The number of guanidine groups is 1.